The van der Waals surface area contributed by atoms with Crippen LogP contribution in [0.5, 0.6) is 0 Å². The highest BCUT2D eigenvalue weighted by molar-refractivity contribution is 5.69. The van der Waals surface area contributed by atoms with Crippen molar-refractivity contribution in [2.24, 2.45) is 0 Å². The van der Waals surface area contributed by atoms with Crippen LogP contribution in [0.4, 0.5) is 4.39 Å². The van der Waals surface area contributed by atoms with Crippen LogP contribution in [0, 0.1) is 5.82 Å². The third-order valence-corrected chi connectivity index (χ3v) is 4.95. The van der Waals surface area contributed by atoms with Gasteiger partial charge in [-0.15, -0.1) is 0 Å². The lowest BCUT2D eigenvalue weighted by Crippen LogP contribution is -1.98. The van der Waals surface area contributed by atoms with Crippen molar-refractivity contribution in [3.05, 3.63) is 106 Å². The first-order chi connectivity index (χ1) is 13.1. The summed E-state index contributed by atoms with van der Waals surface area (Å²) in [5.41, 5.74) is 6.30. The summed E-state index contributed by atoms with van der Waals surface area (Å²) in [6.45, 7) is 4.39. The van der Waals surface area contributed by atoms with Gasteiger partial charge in [0.25, 0.3) is 0 Å². The Hall–Kier alpha value is -2.67. The fourth-order valence-corrected chi connectivity index (χ4v) is 3.30. The van der Waals surface area contributed by atoms with Gasteiger partial charge in [-0.1, -0.05) is 93.1 Å². The predicted molar refractivity (Wildman–Crippen MR) is 114 cm³/mol. The molecule has 0 saturated heterocycles. The maximum absolute atomic E-state index is 13.1. The second-order valence-corrected chi connectivity index (χ2v) is 7.22. The van der Waals surface area contributed by atoms with E-state index in [1.54, 1.807) is 0 Å². The van der Waals surface area contributed by atoms with Crippen molar-refractivity contribution in [1.82, 2.24) is 0 Å². The molecule has 0 saturated carbocycles. The minimum Gasteiger partial charge on any atom is -0.207 e. The summed E-state index contributed by atoms with van der Waals surface area (Å²) in [6, 6.07) is 24.3. The molecule has 3 aromatic rings. The van der Waals surface area contributed by atoms with E-state index in [1.165, 1.54) is 46.4 Å². The standard InChI is InChI=1S/C26H27F/c1-3-4-21-5-7-22(8-6-21)9-10-23-11-13-24(14-12-23)19-20(2)25-15-17-26(27)18-16-25/h5-18,20H,3-4,19H2,1-2H3/b10-9+. The number of benzene rings is 3. The van der Waals surface area contributed by atoms with Crippen molar-refractivity contribution >= 4 is 12.2 Å². The molecule has 3 rings (SSSR count). The van der Waals surface area contributed by atoms with E-state index in [0.717, 1.165) is 12.8 Å². The number of hydrogen-bond donors (Lipinski definition) is 0. The summed E-state index contributed by atoms with van der Waals surface area (Å²) >= 11 is 0. The molecule has 138 valence electrons. The quantitative estimate of drug-likeness (QED) is 0.389. The van der Waals surface area contributed by atoms with Gasteiger partial charge in [0.05, 0.1) is 0 Å². The Morgan fingerprint density at radius 3 is 1.78 bits per heavy atom. The molecule has 27 heavy (non-hydrogen) atoms. The largest absolute Gasteiger partial charge is 0.207 e. The fourth-order valence-electron chi connectivity index (χ4n) is 3.30. The van der Waals surface area contributed by atoms with Gasteiger partial charge in [0.15, 0.2) is 0 Å². The lowest BCUT2D eigenvalue weighted by atomic mass is 9.93. The monoisotopic (exact) mass is 358 g/mol. The molecule has 0 fully saturated rings. The van der Waals surface area contributed by atoms with Crippen molar-refractivity contribution in [2.45, 2.75) is 39.0 Å². The van der Waals surface area contributed by atoms with Crippen LogP contribution in [0.2, 0.25) is 0 Å². The molecule has 1 heteroatoms. The zero-order chi connectivity index (χ0) is 19.1. The summed E-state index contributed by atoms with van der Waals surface area (Å²) in [6.07, 6.45) is 7.59. The fraction of sp³-hybridized carbons (Fsp3) is 0.231. The second-order valence-electron chi connectivity index (χ2n) is 7.22. The lowest BCUT2D eigenvalue weighted by molar-refractivity contribution is 0.625. The van der Waals surface area contributed by atoms with Gasteiger partial charge in [0.2, 0.25) is 0 Å². The van der Waals surface area contributed by atoms with Crippen LogP contribution < -0.4 is 0 Å². The number of aryl methyl sites for hydroxylation is 1. The van der Waals surface area contributed by atoms with E-state index in [9.17, 15) is 4.39 Å². The average molecular weight is 358 g/mol. The molecule has 0 heterocycles. The van der Waals surface area contributed by atoms with Gasteiger partial charge in [0.1, 0.15) is 5.82 Å². The Labute approximate surface area is 162 Å². The van der Waals surface area contributed by atoms with Gasteiger partial charge >= 0.3 is 0 Å². The molecule has 1 atom stereocenters. The van der Waals surface area contributed by atoms with Crippen molar-refractivity contribution in [3.63, 3.8) is 0 Å². The van der Waals surface area contributed by atoms with E-state index in [0.29, 0.717) is 5.92 Å². The Balaban J connectivity index is 1.60. The predicted octanol–water partition coefficient (Wildman–Crippen LogP) is 7.29. The van der Waals surface area contributed by atoms with Crippen LogP contribution in [0.25, 0.3) is 12.2 Å². The van der Waals surface area contributed by atoms with Crippen molar-refractivity contribution in [1.29, 1.82) is 0 Å². The van der Waals surface area contributed by atoms with E-state index in [4.69, 9.17) is 0 Å². The number of halogens is 1. The van der Waals surface area contributed by atoms with Gasteiger partial charge in [-0.3, -0.25) is 0 Å². The molecule has 0 spiro atoms. The van der Waals surface area contributed by atoms with Gasteiger partial charge in [-0.2, -0.15) is 0 Å². The zero-order valence-electron chi connectivity index (χ0n) is 16.2. The Morgan fingerprint density at radius 1 is 0.741 bits per heavy atom. The van der Waals surface area contributed by atoms with Crippen LogP contribution in [0.1, 0.15) is 54.0 Å². The van der Waals surface area contributed by atoms with Gasteiger partial charge in [0, 0.05) is 0 Å². The summed E-state index contributed by atoms with van der Waals surface area (Å²) in [5, 5.41) is 0. The molecular weight excluding hydrogens is 331 g/mol. The molecule has 0 radical (unpaired) electrons. The first-order valence-electron chi connectivity index (χ1n) is 9.75. The third-order valence-electron chi connectivity index (χ3n) is 4.95. The summed E-state index contributed by atoms with van der Waals surface area (Å²) in [7, 11) is 0. The molecule has 0 N–H and O–H groups in total. The van der Waals surface area contributed by atoms with Crippen LogP contribution in [0.3, 0.4) is 0 Å². The molecule has 0 amide bonds. The van der Waals surface area contributed by atoms with Gasteiger partial charge in [-0.05, 0) is 58.7 Å². The minimum absolute atomic E-state index is 0.179. The average Bonchev–Trinajstić information content (AvgIpc) is 2.69. The SMILES string of the molecule is CCCc1ccc(/C=C/c2ccc(CC(C)c3ccc(F)cc3)cc2)cc1. The maximum Gasteiger partial charge on any atom is 0.123 e. The van der Waals surface area contributed by atoms with E-state index in [2.05, 4.69) is 74.5 Å². The Kier molecular flexibility index (Phi) is 6.59. The number of hydrogen-bond acceptors (Lipinski definition) is 0. The van der Waals surface area contributed by atoms with Gasteiger partial charge < -0.3 is 0 Å². The first-order valence-corrected chi connectivity index (χ1v) is 9.75. The highest BCUT2D eigenvalue weighted by Crippen LogP contribution is 2.21. The normalized spacial score (nSPS) is 12.4. The van der Waals surface area contributed by atoms with Crippen LogP contribution >= 0.6 is 0 Å². The number of rotatable bonds is 7. The molecule has 0 nitrogen and oxygen atoms in total. The van der Waals surface area contributed by atoms with Crippen LogP contribution in [-0.4, -0.2) is 0 Å². The molecule has 0 aliphatic carbocycles. The van der Waals surface area contributed by atoms with Crippen molar-refractivity contribution < 1.29 is 4.39 Å². The van der Waals surface area contributed by atoms with Gasteiger partial charge in [-0.25, -0.2) is 4.39 Å². The van der Waals surface area contributed by atoms with Crippen LogP contribution in [0.15, 0.2) is 72.8 Å². The van der Waals surface area contributed by atoms with Crippen molar-refractivity contribution in [3.8, 4) is 0 Å². The molecule has 0 aromatic heterocycles. The Bertz CT molecular complexity index is 856. The maximum atomic E-state index is 13.1. The zero-order valence-corrected chi connectivity index (χ0v) is 16.2. The van der Waals surface area contributed by atoms with Crippen LogP contribution in [-0.2, 0) is 12.8 Å². The first kappa shape index (κ1) is 19.1. The summed E-state index contributed by atoms with van der Waals surface area (Å²) < 4.78 is 13.1. The highest BCUT2D eigenvalue weighted by Gasteiger charge is 2.06. The lowest BCUT2D eigenvalue weighted by Gasteiger charge is -2.12. The third kappa shape index (κ3) is 5.65. The highest BCUT2D eigenvalue weighted by atomic mass is 19.1. The molecule has 0 bridgehead atoms. The Morgan fingerprint density at radius 2 is 1.26 bits per heavy atom. The van der Waals surface area contributed by atoms with E-state index >= 15 is 0 Å². The second kappa shape index (κ2) is 9.32. The van der Waals surface area contributed by atoms with E-state index in [1.807, 2.05) is 12.1 Å². The minimum atomic E-state index is -0.179. The topological polar surface area (TPSA) is 0 Å². The van der Waals surface area contributed by atoms with E-state index in [-0.39, 0.29) is 5.82 Å². The summed E-state index contributed by atoms with van der Waals surface area (Å²) in [4.78, 5) is 0. The molecule has 1 unspecified atom stereocenters. The van der Waals surface area contributed by atoms with Crippen molar-refractivity contribution in [2.75, 3.05) is 0 Å². The molecule has 3 aromatic carbocycles. The van der Waals surface area contributed by atoms with E-state index < -0.39 is 0 Å². The molecule has 0 aliphatic heterocycles. The smallest absolute Gasteiger partial charge is 0.123 e. The molecular formula is C26H27F. The summed E-state index contributed by atoms with van der Waals surface area (Å²) in [5.74, 6) is 0.190. The molecule has 0 aliphatic rings.